The molecule has 1 aromatic carbocycles. The van der Waals surface area contributed by atoms with E-state index in [1.54, 1.807) is 23.1 Å². The topological polar surface area (TPSA) is 90.7 Å². The standard InChI is InChI=1S/C18H18N2O4/c21-15-3-1-2-13(8-15)11-20(10-12-4-5-12)17(22)16-7-6-14(9-19-16)18(23)24/h1-3,6-9,12,21H,4-5,10-11H2,(H,23,24). The Kier molecular flexibility index (Phi) is 4.46. The van der Waals surface area contributed by atoms with Gasteiger partial charge in [0.1, 0.15) is 11.4 Å². The van der Waals surface area contributed by atoms with Crippen LogP contribution in [0.4, 0.5) is 0 Å². The molecule has 0 saturated heterocycles. The molecule has 0 radical (unpaired) electrons. The molecule has 6 nitrogen and oxygen atoms in total. The molecule has 24 heavy (non-hydrogen) atoms. The third kappa shape index (κ3) is 3.90. The van der Waals surface area contributed by atoms with E-state index >= 15 is 0 Å². The number of phenolic OH excluding ortho intramolecular Hbond substituents is 1. The molecule has 124 valence electrons. The lowest BCUT2D eigenvalue weighted by Crippen LogP contribution is -2.33. The molecule has 3 rings (SSSR count). The molecule has 1 fully saturated rings. The van der Waals surface area contributed by atoms with Crippen molar-refractivity contribution in [2.24, 2.45) is 5.92 Å². The molecule has 1 aliphatic carbocycles. The number of hydrogen-bond donors (Lipinski definition) is 2. The van der Waals surface area contributed by atoms with Gasteiger partial charge in [-0.1, -0.05) is 12.1 Å². The number of aromatic carboxylic acids is 1. The summed E-state index contributed by atoms with van der Waals surface area (Å²) in [7, 11) is 0. The van der Waals surface area contributed by atoms with E-state index in [0.29, 0.717) is 19.0 Å². The first-order chi connectivity index (χ1) is 11.5. The van der Waals surface area contributed by atoms with Gasteiger partial charge in [0.2, 0.25) is 0 Å². The minimum Gasteiger partial charge on any atom is -0.508 e. The fourth-order valence-corrected chi connectivity index (χ4v) is 2.52. The van der Waals surface area contributed by atoms with Crippen molar-refractivity contribution in [2.45, 2.75) is 19.4 Å². The maximum Gasteiger partial charge on any atom is 0.337 e. The highest BCUT2D eigenvalue weighted by molar-refractivity contribution is 5.93. The third-order valence-electron chi connectivity index (χ3n) is 3.98. The minimum atomic E-state index is -1.07. The summed E-state index contributed by atoms with van der Waals surface area (Å²) in [5, 5.41) is 18.5. The molecule has 2 aromatic rings. The maximum atomic E-state index is 12.7. The van der Waals surface area contributed by atoms with Gasteiger partial charge in [-0.25, -0.2) is 4.79 Å². The van der Waals surface area contributed by atoms with E-state index in [2.05, 4.69) is 4.98 Å². The van der Waals surface area contributed by atoms with Crippen molar-refractivity contribution < 1.29 is 19.8 Å². The minimum absolute atomic E-state index is 0.0493. The van der Waals surface area contributed by atoms with Gasteiger partial charge in [-0.3, -0.25) is 9.78 Å². The molecule has 0 spiro atoms. The highest BCUT2D eigenvalue weighted by Crippen LogP contribution is 2.30. The molecule has 1 aromatic heterocycles. The summed E-state index contributed by atoms with van der Waals surface area (Å²) in [5.74, 6) is -0.641. The number of aromatic hydroxyl groups is 1. The average molecular weight is 326 g/mol. The maximum absolute atomic E-state index is 12.7. The Bertz CT molecular complexity index is 754. The van der Waals surface area contributed by atoms with Crippen molar-refractivity contribution in [3.05, 3.63) is 59.4 Å². The molecule has 0 aliphatic heterocycles. The molecule has 2 N–H and O–H groups in total. The fourth-order valence-electron chi connectivity index (χ4n) is 2.52. The summed E-state index contributed by atoms with van der Waals surface area (Å²) < 4.78 is 0. The van der Waals surface area contributed by atoms with E-state index in [1.807, 2.05) is 6.07 Å². The van der Waals surface area contributed by atoms with Crippen molar-refractivity contribution in [1.29, 1.82) is 0 Å². The van der Waals surface area contributed by atoms with Gasteiger partial charge in [-0.05, 0) is 48.6 Å². The molecule has 0 atom stereocenters. The summed E-state index contributed by atoms with van der Waals surface area (Å²) in [6.07, 6.45) is 3.41. The monoisotopic (exact) mass is 326 g/mol. The summed E-state index contributed by atoms with van der Waals surface area (Å²) in [4.78, 5) is 29.3. The number of pyridine rings is 1. The van der Waals surface area contributed by atoms with Crippen LogP contribution in [-0.2, 0) is 6.54 Å². The predicted octanol–water partition coefficient (Wildman–Crippen LogP) is 2.54. The SMILES string of the molecule is O=C(O)c1ccc(C(=O)N(Cc2cccc(O)c2)CC2CC2)nc1. The lowest BCUT2D eigenvalue weighted by atomic mass is 10.1. The Morgan fingerprint density at radius 1 is 1.21 bits per heavy atom. The zero-order valence-electron chi connectivity index (χ0n) is 13.1. The molecule has 0 unspecified atom stereocenters. The van der Waals surface area contributed by atoms with Gasteiger partial charge >= 0.3 is 5.97 Å². The second kappa shape index (κ2) is 6.70. The van der Waals surface area contributed by atoms with Crippen molar-refractivity contribution in [2.75, 3.05) is 6.54 Å². The van der Waals surface area contributed by atoms with Crippen LogP contribution >= 0.6 is 0 Å². The van der Waals surface area contributed by atoms with Crippen LogP contribution < -0.4 is 0 Å². The number of phenols is 1. The average Bonchev–Trinajstić information content (AvgIpc) is 3.38. The number of hydrogen-bond acceptors (Lipinski definition) is 4. The number of carbonyl (C=O) groups excluding carboxylic acids is 1. The number of amides is 1. The third-order valence-corrected chi connectivity index (χ3v) is 3.98. The first kappa shape index (κ1) is 16.0. The molecular weight excluding hydrogens is 308 g/mol. The second-order valence-corrected chi connectivity index (χ2v) is 6.04. The molecule has 0 bridgehead atoms. The summed E-state index contributed by atoms with van der Waals surface area (Å²) in [6.45, 7) is 1.02. The van der Waals surface area contributed by atoms with E-state index in [4.69, 9.17) is 5.11 Å². The van der Waals surface area contributed by atoms with Crippen molar-refractivity contribution in [3.63, 3.8) is 0 Å². The number of carboxylic acid groups (broad SMARTS) is 1. The van der Waals surface area contributed by atoms with Gasteiger partial charge in [0, 0.05) is 19.3 Å². The van der Waals surface area contributed by atoms with Gasteiger partial charge < -0.3 is 15.1 Å². The predicted molar refractivity (Wildman–Crippen MR) is 86.8 cm³/mol. The number of benzene rings is 1. The Morgan fingerprint density at radius 2 is 2.00 bits per heavy atom. The van der Waals surface area contributed by atoms with Crippen molar-refractivity contribution >= 4 is 11.9 Å². The van der Waals surface area contributed by atoms with E-state index < -0.39 is 5.97 Å². The number of nitrogens with zero attached hydrogens (tertiary/aromatic N) is 2. The van der Waals surface area contributed by atoms with Crippen molar-refractivity contribution in [3.8, 4) is 5.75 Å². The van der Waals surface area contributed by atoms with Crippen LogP contribution in [0.25, 0.3) is 0 Å². The Labute approximate surface area is 139 Å². The number of aromatic nitrogens is 1. The summed E-state index contributed by atoms with van der Waals surface area (Å²) >= 11 is 0. The van der Waals surface area contributed by atoms with Crippen LogP contribution in [-0.4, -0.2) is 38.5 Å². The van der Waals surface area contributed by atoms with E-state index in [9.17, 15) is 14.7 Å². The normalized spacial score (nSPS) is 13.5. The summed E-state index contributed by atoms with van der Waals surface area (Å²) in [6, 6.07) is 9.63. The van der Waals surface area contributed by atoms with Crippen LogP contribution in [0.3, 0.4) is 0 Å². The van der Waals surface area contributed by atoms with Gasteiger partial charge in [0.25, 0.3) is 5.91 Å². The lowest BCUT2D eigenvalue weighted by Gasteiger charge is -2.22. The van der Waals surface area contributed by atoms with Gasteiger partial charge in [-0.2, -0.15) is 0 Å². The van der Waals surface area contributed by atoms with Gasteiger partial charge in [0.05, 0.1) is 5.56 Å². The first-order valence-electron chi connectivity index (χ1n) is 7.79. The number of rotatable bonds is 6. The Hall–Kier alpha value is -2.89. The van der Waals surface area contributed by atoms with Crippen LogP contribution in [0.1, 0.15) is 39.3 Å². The van der Waals surface area contributed by atoms with E-state index in [0.717, 1.165) is 18.4 Å². The summed E-state index contributed by atoms with van der Waals surface area (Å²) in [5.41, 5.74) is 1.11. The highest BCUT2D eigenvalue weighted by Gasteiger charge is 2.28. The van der Waals surface area contributed by atoms with E-state index in [1.165, 1.54) is 18.3 Å². The quantitative estimate of drug-likeness (QED) is 0.851. The Balaban J connectivity index is 1.79. The van der Waals surface area contributed by atoms with Crippen molar-refractivity contribution in [1.82, 2.24) is 9.88 Å². The Morgan fingerprint density at radius 3 is 2.58 bits per heavy atom. The molecule has 1 saturated carbocycles. The molecule has 6 heteroatoms. The fraction of sp³-hybridized carbons (Fsp3) is 0.278. The number of carbonyl (C=O) groups is 2. The van der Waals surface area contributed by atoms with Crippen LogP contribution in [0.5, 0.6) is 5.75 Å². The second-order valence-electron chi connectivity index (χ2n) is 6.04. The highest BCUT2D eigenvalue weighted by atomic mass is 16.4. The van der Waals surface area contributed by atoms with Gasteiger partial charge in [0.15, 0.2) is 0 Å². The number of carboxylic acids is 1. The molecule has 1 amide bonds. The zero-order chi connectivity index (χ0) is 17.1. The molecule has 1 heterocycles. The first-order valence-corrected chi connectivity index (χ1v) is 7.79. The lowest BCUT2D eigenvalue weighted by molar-refractivity contribution is 0.0690. The van der Waals surface area contributed by atoms with E-state index in [-0.39, 0.29) is 22.9 Å². The van der Waals surface area contributed by atoms with Gasteiger partial charge in [-0.15, -0.1) is 0 Å². The van der Waals surface area contributed by atoms with Crippen LogP contribution in [0.2, 0.25) is 0 Å². The van der Waals surface area contributed by atoms with Crippen LogP contribution in [0, 0.1) is 5.92 Å². The van der Waals surface area contributed by atoms with Crippen LogP contribution in [0.15, 0.2) is 42.6 Å². The molecular formula is C18H18N2O4. The molecule has 1 aliphatic rings. The largest absolute Gasteiger partial charge is 0.508 e. The zero-order valence-corrected chi connectivity index (χ0v) is 13.1. The smallest absolute Gasteiger partial charge is 0.337 e.